The minimum Gasteiger partial charge on any atom is -0.330 e. The Labute approximate surface area is 147 Å². The zero-order valence-electron chi connectivity index (χ0n) is 13.7. The Hall–Kier alpha value is -2.52. The predicted molar refractivity (Wildman–Crippen MR) is 89.0 cm³/mol. The minimum atomic E-state index is -1.78. The van der Waals surface area contributed by atoms with Crippen molar-refractivity contribution >= 4 is 11.6 Å². The van der Waals surface area contributed by atoms with Gasteiger partial charge in [0.1, 0.15) is 0 Å². The van der Waals surface area contributed by atoms with E-state index < -0.39 is 41.0 Å². The topological polar surface area (TPSA) is 94.0 Å². The molecule has 0 aliphatic carbocycles. The molecule has 5 nitrogen and oxygen atoms in total. The predicted octanol–water partition coefficient (Wildman–Crippen LogP) is 2.70. The van der Waals surface area contributed by atoms with Gasteiger partial charge in [-0.3, -0.25) is 4.79 Å². The van der Waals surface area contributed by atoms with Crippen molar-refractivity contribution in [3.05, 3.63) is 47.8 Å². The van der Waals surface area contributed by atoms with Gasteiger partial charge in [-0.25, -0.2) is 8.78 Å². The smallest absolute Gasteiger partial charge is 0.252 e. The molecule has 0 saturated carbocycles. The van der Waals surface area contributed by atoms with Gasteiger partial charge >= 0.3 is 0 Å². The maximum atomic E-state index is 14.0. The first-order valence-corrected chi connectivity index (χ1v) is 7.92. The number of nitrogens with two attached hydrogens (primary N) is 2. The number of amides is 1. The average molecular weight is 370 g/mol. The summed E-state index contributed by atoms with van der Waals surface area (Å²) in [5.41, 5.74) is 9.92. The second-order valence-electron chi connectivity index (χ2n) is 5.62. The van der Waals surface area contributed by atoms with Crippen LogP contribution in [0.4, 0.5) is 23.2 Å². The third-order valence-corrected chi connectivity index (χ3v) is 3.76. The molecular formula is C17H18F4N4O. The van der Waals surface area contributed by atoms with Crippen molar-refractivity contribution in [2.75, 3.05) is 11.9 Å². The Morgan fingerprint density at radius 3 is 2.31 bits per heavy atom. The van der Waals surface area contributed by atoms with E-state index in [1.165, 1.54) is 24.3 Å². The Balaban J connectivity index is 2.34. The Morgan fingerprint density at radius 1 is 1.08 bits per heavy atom. The first-order chi connectivity index (χ1) is 12.4. The van der Waals surface area contributed by atoms with Crippen molar-refractivity contribution < 1.29 is 22.4 Å². The summed E-state index contributed by atoms with van der Waals surface area (Å²) >= 11 is 0. The number of aromatic nitrogens is 1. The van der Waals surface area contributed by atoms with Crippen molar-refractivity contribution in [1.82, 2.24) is 4.98 Å². The number of halogens is 4. The van der Waals surface area contributed by atoms with Gasteiger partial charge in [0, 0.05) is 11.3 Å². The van der Waals surface area contributed by atoms with Crippen LogP contribution in [0.3, 0.4) is 0 Å². The van der Waals surface area contributed by atoms with Gasteiger partial charge in [-0.05, 0) is 25.5 Å². The number of anilines is 1. The van der Waals surface area contributed by atoms with E-state index in [4.69, 9.17) is 11.5 Å². The van der Waals surface area contributed by atoms with E-state index in [1.807, 2.05) is 0 Å². The highest BCUT2D eigenvalue weighted by Crippen LogP contribution is 2.33. The molecule has 140 valence electrons. The fourth-order valence-corrected chi connectivity index (χ4v) is 2.40. The van der Waals surface area contributed by atoms with Crippen molar-refractivity contribution in [3.63, 3.8) is 0 Å². The molecule has 0 radical (unpaired) electrons. The number of benzene rings is 1. The molecule has 1 aromatic carbocycles. The van der Waals surface area contributed by atoms with E-state index in [-0.39, 0.29) is 11.3 Å². The summed E-state index contributed by atoms with van der Waals surface area (Å²) in [5.74, 6) is -7.46. The summed E-state index contributed by atoms with van der Waals surface area (Å²) in [6.07, 6.45) is 1.70. The molecular weight excluding hydrogens is 352 g/mol. The number of carbonyl (C=O) groups is 1. The maximum absolute atomic E-state index is 14.0. The summed E-state index contributed by atoms with van der Waals surface area (Å²) in [6.45, 7) is 0.467. The quantitative estimate of drug-likeness (QED) is 0.397. The third kappa shape index (κ3) is 4.36. The third-order valence-electron chi connectivity index (χ3n) is 3.76. The number of hydrogen-bond donors (Lipinski definition) is 3. The van der Waals surface area contributed by atoms with E-state index in [0.29, 0.717) is 25.8 Å². The Morgan fingerprint density at radius 2 is 1.69 bits per heavy atom. The fourth-order valence-electron chi connectivity index (χ4n) is 2.40. The molecule has 26 heavy (non-hydrogen) atoms. The highest BCUT2D eigenvalue weighted by molar-refractivity contribution is 5.98. The number of nitrogens with zero attached hydrogens (tertiary/aromatic N) is 1. The number of hydrogen-bond acceptors (Lipinski definition) is 4. The lowest BCUT2D eigenvalue weighted by atomic mass is 10.0. The largest absolute Gasteiger partial charge is 0.330 e. The highest BCUT2D eigenvalue weighted by atomic mass is 19.2. The van der Waals surface area contributed by atoms with E-state index in [0.717, 1.165) is 0 Å². The number of nitrogens with one attached hydrogen (secondary N) is 1. The Bertz CT molecular complexity index is 774. The number of unbranched alkanes of at least 4 members (excludes halogenated alkanes) is 1. The first kappa shape index (κ1) is 19.8. The number of carbonyl (C=O) groups excluding carboxylic acids is 1. The molecule has 0 aliphatic heterocycles. The molecule has 0 fully saturated rings. The molecule has 5 N–H and O–H groups in total. The maximum Gasteiger partial charge on any atom is 0.252 e. The Kier molecular flexibility index (Phi) is 6.64. The lowest BCUT2D eigenvalue weighted by Gasteiger charge is -2.16. The lowest BCUT2D eigenvalue weighted by Crippen LogP contribution is -2.35. The van der Waals surface area contributed by atoms with Gasteiger partial charge in [-0.2, -0.15) is 13.8 Å². The van der Waals surface area contributed by atoms with Gasteiger partial charge in [0.25, 0.3) is 11.9 Å². The zero-order chi connectivity index (χ0) is 19.3. The number of pyridine rings is 1. The zero-order valence-corrected chi connectivity index (χ0v) is 13.7. The molecule has 0 bridgehead atoms. The summed E-state index contributed by atoms with van der Waals surface area (Å²) in [6, 6.07) is 4.59. The molecule has 2 aromatic rings. The average Bonchev–Trinajstić information content (AvgIpc) is 2.61. The highest BCUT2D eigenvalue weighted by Gasteiger charge is 2.24. The molecule has 0 spiro atoms. The summed E-state index contributed by atoms with van der Waals surface area (Å²) in [4.78, 5) is 14.7. The van der Waals surface area contributed by atoms with Gasteiger partial charge in [0.15, 0.2) is 11.6 Å². The van der Waals surface area contributed by atoms with E-state index in [9.17, 15) is 22.4 Å². The van der Waals surface area contributed by atoms with E-state index in [1.54, 1.807) is 0 Å². The van der Waals surface area contributed by atoms with Crippen LogP contribution in [0.5, 0.6) is 0 Å². The molecule has 1 heterocycles. The molecule has 1 unspecified atom stereocenters. The normalized spacial score (nSPS) is 12.1. The van der Waals surface area contributed by atoms with Crippen LogP contribution in [0.15, 0.2) is 24.3 Å². The standard InChI is InChI=1S/C17H18F4N4O/c18-13-12(14(19)16(21)25-15(13)20)9-5-1-2-7-11(9)24-17(26)10(23)6-3-4-8-22/h1-2,5,7,10H,3-4,6,8,22-23H2,(H,24,26). The molecule has 0 aliphatic rings. The monoisotopic (exact) mass is 370 g/mol. The molecule has 0 saturated heterocycles. The summed E-state index contributed by atoms with van der Waals surface area (Å²) < 4.78 is 54.8. The van der Waals surface area contributed by atoms with Crippen LogP contribution < -0.4 is 16.8 Å². The SMILES string of the molecule is NCCCCC(N)C(=O)Nc1ccccc1-c1c(F)c(F)nc(F)c1F. The first-order valence-electron chi connectivity index (χ1n) is 7.92. The van der Waals surface area contributed by atoms with E-state index in [2.05, 4.69) is 10.3 Å². The van der Waals surface area contributed by atoms with Gasteiger partial charge in [0.05, 0.1) is 11.6 Å². The molecule has 1 atom stereocenters. The van der Waals surface area contributed by atoms with Crippen molar-refractivity contribution in [3.8, 4) is 11.1 Å². The van der Waals surface area contributed by atoms with Crippen LogP contribution in [0.2, 0.25) is 0 Å². The second kappa shape index (κ2) is 8.72. The van der Waals surface area contributed by atoms with Gasteiger partial charge in [-0.15, -0.1) is 0 Å². The van der Waals surface area contributed by atoms with Crippen molar-refractivity contribution in [1.29, 1.82) is 0 Å². The number of para-hydroxylation sites is 1. The summed E-state index contributed by atoms with van der Waals surface area (Å²) in [7, 11) is 0. The van der Waals surface area contributed by atoms with E-state index >= 15 is 0 Å². The van der Waals surface area contributed by atoms with Gasteiger partial charge in [-0.1, -0.05) is 24.6 Å². The van der Waals surface area contributed by atoms with Crippen LogP contribution in [0, 0.1) is 23.5 Å². The van der Waals surface area contributed by atoms with Crippen molar-refractivity contribution in [2.45, 2.75) is 25.3 Å². The molecule has 2 rings (SSSR count). The molecule has 1 amide bonds. The lowest BCUT2D eigenvalue weighted by molar-refractivity contribution is -0.117. The van der Waals surface area contributed by atoms with Crippen LogP contribution >= 0.6 is 0 Å². The second-order valence-corrected chi connectivity index (χ2v) is 5.62. The van der Waals surface area contributed by atoms with Gasteiger partial charge < -0.3 is 16.8 Å². The van der Waals surface area contributed by atoms with Gasteiger partial charge in [0.2, 0.25) is 5.91 Å². The van der Waals surface area contributed by atoms with Crippen molar-refractivity contribution in [2.24, 2.45) is 11.5 Å². The molecule has 9 heteroatoms. The number of rotatable bonds is 7. The minimum absolute atomic E-state index is 0.0328. The van der Waals surface area contributed by atoms with Crippen LogP contribution in [-0.2, 0) is 4.79 Å². The fraction of sp³-hybridized carbons (Fsp3) is 0.294. The van der Waals surface area contributed by atoms with Crippen LogP contribution in [-0.4, -0.2) is 23.5 Å². The molecule has 1 aromatic heterocycles. The summed E-state index contributed by atoms with van der Waals surface area (Å²) in [5, 5.41) is 2.44. The van der Waals surface area contributed by atoms with Crippen LogP contribution in [0.25, 0.3) is 11.1 Å². The van der Waals surface area contributed by atoms with Crippen LogP contribution in [0.1, 0.15) is 19.3 Å².